The molecule has 108 valence electrons. The number of aromatic hydroxyl groups is 1. The van der Waals surface area contributed by atoms with Crippen LogP contribution in [-0.4, -0.2) is 30.5 Å². The highest BCUT2D eigenvalue weighted by Gasteiger charge is 2.48. The molecular weight excluding hydrogens is 345 g/mol. The Labute approximate surface area is 119 Å². The maximum absolute atomic E-state index is 12.9. The largest absolute Gasteiger partial charge is 0.507 e. The fraction of sp³-hybridized carbons (Fsp3) is 0.250. The lowest BCUT2D eigenvalue weighted by atomic mass is 10.0. The number of ether oxygens (including phenoxy) is 2. The predicted molar refractivity (Wildman–Crippen MR) is 66.3 cm³/mol. The summed E-state index contributed by atoms with van der Waals surface area (Å²) in [5, 5.41) is 9.51. The van der Waals surface area contributed by atoms with Crippen LogP contribution in [0.25, 0.3) is 6.08 Å². The normalized spacial score (nSPS) is 17.9. The smallest absolute Gasteiger partial charge is 0.430 e. The van der Waals surface area contributed by atoms with Gasteiger partial charge >= 0.3 is 12.1 Å². The molecule has 1 atom stereocenters. The van der Waals surface area contributed by atoms with Crippen LogP contribution in [0.5, 0.6) is 11.5 Å². The Kier molecular flexibility index (Phi) is 3.68. The molecular formula is C12H8BrF3O4. The Morgan fingerprint density at radius 1 is 1.45 bits per heavy atom. The van der Waals surface area contributed by atoms with Gasteiger partial charge in [0.2, 0.25) is 6.10 Å². The van der Waals surface area contributed by atoms with Crippen molar-refractivity contribution in [2.45, 2.75) is 12.3 Å². The van der Waals surface area contributed by atoms with E-state index in [2.05, 4.69) is 20.7 Å². The van der Waals surface area contributed by atoms with Crippen LogP contribution in [0.15, 0.2) is 22.2 Å². The molecule has 1 unspecified atom stereocenters. The molecule has 0 aromatic heterocycles. The lowest BCUT2D eigenvalue weighted by Gasteiger charge is -2.27. The zero-order chi connectivity index (χ0) is 15.1. The van der Waals surface area contributed by atoms with Gasteiger partial charge in [-0.2, -0.15) is 13.2 Å². The third-order valence-electron chi connectivity index (χ3n) is 2.64. The van der Waals surface area contributed by atoms with E-state index in [1.165, 1.54) is 12.1 Å². The quantitative estimate of drug-likeness (QED) is 0.789. The summed E-state index contributed by atoms with van der Waals surface area (Å²) < 4.78 is 48.1. The van der Waals surface area contributed by atoms with Crippen LogP contribution in [0.4, 0.5) is 13.2 Å². The summed E-state index contributed by atoms with van der Waals surface area (Å²) in [5.74, 6) is -1.41. The molecule has 0 saturated heterocycles. The molecule has 20 heavy (non-hydrogen) atoms. The molecule has 1 aromatic rings. The first-order valence-corrected chi connectivity index (χ1v) is 6.09. The number of phenols is 1. The van der Waals surface area contributed by atoms with Crippen LogP contribution in [0.1, 0.15) is 5.56 Å². The highest BCUT2D eigenvalue weighted by molar-refractivity contribution is 9.10. The second-order valence-corrected chi connectivity index (χ2v) is 4.83. The van der Waals surface area contributed by atoms with Gasteiger partial charge in [0.15, 0.2) is 0 Å². The van der Waals surface area contributed by atoms with E-state index < -0.39 is 23.8 Å². The lowest BCUT2D eigenvalue weighted by Crippen LogP contribution is -2.40. The molecule has 2 rings (SSSR count). The van der Waals surface area contributed by atoms with Crippen LogP contribution in [-0.2, 0) is 9.53 Å². The molecule has 1 aliphatic rings. The van der Waals surface area contributed by atoms with Gasteiger partial charge in [-0.3, -0.25) is 0 Å². The Bertz CT molecular complexity index is 595. The maximum Gasteiger partial charge on any atom is 0.430 e. The minimum absolute atomic E-state index is 0.0929. The van der Waals surface area contributed by atoms with E-state index in [0.29, 0.717) is 0 Å². The minimum Gasteiger partial charge on any atom is -0.507 e. The Morgan fingerprint density at radius 2 is 2.10 bits per heavy atom. The summed E-state index contributed by atoms with van der Waals surface area (Å²) in [6.45, 7) is 0. The number of benzene rings is 1. The first-order chi connectivity index (χ1) is 9.24. The third kappa shape index (κ3) is 2.60. The van der Waals surface area contributed by atoms with E-state index >= 15 is 0 Å². The van der Waals surface area contributed by atoms with Crippen molar-refractivity contribution in [1.29, 1.82) is 0 Å². The van der Waals surface area contributed by atoms with Crippen LogP contribution in [0.2, 0.25) is 0 Å². The molecule has 4 nitrogen and oxygen atoms in total. The summed E-state index contributed by atoms with van der Waals surface area (Å²) in [7, 11) is 0.977. The number of carbonyl (C=O) groups is 1. The maximum atomic E-state index is 12.9. The highest BCUT2D eigenvalue weighted by Crippen LogP contribution is 2.41. The number of hydrogen-bond acceptors (Lipinski definition) is 4. The van der Waals surface area contributed by atoms with Gasteiger partial charge in [0.25, 0.3) is 0 Å². The van der Waals surface area contributed by atoms with Crippen LogP contribution in [0.3, 0.4) is 0 Å². The van der Waals surface area contributed by atoms with Gasteiger partial charge in [-0.15, -0.1) is 0 Å². The molecule has 0 aliphatic carbocycles. The number of alkyl halides is 3. The van der Waals surface area contributed by atoms with E-state index in [-0.39, 0.29) is 21.5 Å². The summed E-state index contributed by atoms with van der Waals surface area (Å²) in [6.07, 6.45) is -6.17. The summed E-state index contributed by atoms with van der Waals surface area (Å²) in [4.78, 5) is 11.4. The van der Waals surface area contributed by atoms with Crippen molar-refractivity contribution in [3.8, 4) is 11.5 Å². The standard InChI is InChI=1S/C12H8BrF3O4/c1-19-11(18)6-2-5-3-8(17)7(13)4-9(5)20-10(6)12(14,15)16/h2-4,10,17H,1H3. The second kappa shape index (κ2) is 5.01. The van der Waals surface area contributed by atoms with Crippen molar-refractivity contribution in [3.63, 3.8) is 0 Å². The number of rotatable bonds is 1. The molecule has 0 spiro atoms. The van der Waals surface area contributed by atoms with Crippen LogP contribution in [0, 0.1) is 0 Å². The van der Waals surface area contributed by atoms with Crippen molar-refractivity contribution >= 4 is 28.0 Å². The Hall–Kier alpha value is -1.70. The molecule has 1 aliphatic heterocycles. The van der Waals surface area contributed by atoms with E-state index in [4.69, 9.17) is 4.74 Å². The molecule has 1 N–H and O–H groups in total. The lowest BCUT2D eigenvalue weighted by molar-refractivity contribution is -0.187. The van der Waals surface area contributed by atoms with Crippen molar-refractivity contribution in [2.75, 3.05) is 7.11 Å². The topological polar surface area (TPSA) is 55.8 Å². The monoisotopic (exact) mass is 352 g/mol. The van der Waals surface area contributed by atoms with Gasteiger partial charge in [0.05, 0.1) is 17.2 Å². The van der Waals surface area contributed by atoms with E-state index in [9.17, 15) is 23.1 Å². The van der Waals surface area contributed by atoms with Crippen molar-refractivity contribution in [3.05, 3.63) is 27.7 Å². The number of halogens is 4. The number of hydrogen-bond donors (Lipinski definition) is 1. The fourth-order valence-electron chi connectivity index (χ4n) is 1.74. The van der Waals surface area contributed by atoms with Crippen molar-refractivity contribution in [2.24, 2.45) is 0 Å². The Morgan fingerprint density at radius 3 is 2.65 bits per heavy atom. The SMILES string of the molecule is COC(=O)C1=Cc2cc(O)c(Br)cc2OC1C(F)(F)F. The van der Waals surface area contributed by atoms with Crippen LogP contribution >= 0.6 is 15.9 Å². The molecule has 0 saturated carbocycles. The zero-order valence-electron chi connectivity index (χ0n) is 9.99. The second-order valence-electron chi connectivity index (χ2n) is 3.97. The minimum atomic E-state index is -4.76. The van der Waals surface area contributed by atoms with Crippen molar-refractivity contribution < 1.29 is 32.5 Å². The number of phenolic OH excluding ortho intramolecular Hbond substituents is 1. The zero-order valence-corrected chi connectivity index (χ0v) is 11.6. The molecule has 0 fully saturated rings. The predicted octanol–water partition coefficient (Wildman–Crippen LogP) is 3.03. The summed E-state index contributed by atoms with van der Waals surface area (Å²) in [6, 6.07) is 2.39. The molecule has 1 aromatic carbocycles. The Balaban J connectivity index is 2.57. The average Bonchev–Trinajstić information content (AvgIpc) is 2.37. The number of carbonyl (C=O) groups excluding carboxylic acids is 1. The van der Waals surface area contributed by atoms with Gasteiger partial charge in [-0.05, 0) is 34.1 Å². The van der Waals surface area contributed by atoms with Gasteiger partial charge in [0, 0.05) is 5.56 Å². The fourth-order valence-corrected chi connectivity index (χ4v) is 2.06. The summed E-state index contributed by atoms with van der Waals surface area (Å²) in [5.41, 5.74) is -0.513. The average molecular weight is 353 g/mol. The summed E-state index contributed by atoms with van der Waals surface area (Å²) >= 11 is 2.98. The highest BCUT2D eigenvalue weighted by atomic mass is 79.9. The molecule has 8 heteroatoms. The van der Waals surface area contributed by atoms with Gasteiger partial charge < -0.3 is 14.6 Å². The third-order valence-corrected chi connectivity index (χ3v) is 3.27. The number of methoxy groups -OCH3 is 1. The van der Waals surface area contributed by atoms with Gasteiger partial charge in [0.1, 0.15) is 11.5 Å². The number of fused-ring (bicyclic) bond motifs is 1. The van der Waals surface area contributed by atoms with Crippen LogP contribution < -0.4 is 4.74 Å². The van der Waals surface area contributed by atoms with Crippen molar-refractivity contribution in [1.82, 2.24) is 0 Å². The van der Waals surface area contributed by atoms with E-state index in [1.54, 1.807) is 0 Å². The first kappa shape index (κ1) is 14.7. The van der Waals surface area contributed by atoms with Gasteiger partial charge in [-0.25, -0.2) is 4.79 Å². The molecule has 1 heterocycles. The number of esters is 1. The van der Waals surface area contributed by atoms with Gasteiger partial charge in [-0.1, -0.05) is 0 Å². The van der Waals surface area contributed by atoms with E-state index in [0.717, 1.165) is 13.2 Å². The molecule has 0 bridgehead atoms. The first-order valence-electron chi connectivity index (χ1n) is 5.30. The van der Waals surface area contributed by atoms with E-state index in [1.807, 2.05) is 0 Å². The molecule has 0 radical (unpaired) electrons. The molecule has 0 amide bonds.